The van der Waals surface area contributed by atoms with E-state index >= 15 is 0 Å². The topological polar surface area (TPSA) is 63.2 Å². The van der Waals surface area contributed by atoms with E-state index in [1.165, 1.54) is 0 Å². The summed E-state index contributed by atoms with van der Waals surface area (Å²) in [5.41, 5.74) is 0. The quantitative estimate of drug-likeness (QED) is 0.734. The van der Waals surface area contributed by atoms with Crippen LogP contribution in [0.3, 0.4) is 0 Å². The third kappa shape index (κ3) is 5.73. The SMILES string of the molecule is CNC(=O)CCCCCS(=O)(=O)C1CCC(F)(F)CC1. The number of rotatable bonds is 7. The molecule has 0 saturated heterocycles. The van der Waals surface area contributed by atoms with Gasteiger partial charge in [0.15, 0.2) is 9.84 Å². The van der Waals surface area contributed by atoms with Gasteiger partial charge in [-0.2, -0.15) is 0 Å². The van der Waals surface area contributed by atoms with Gasteiger partial charge in [-0.1, -0.05) is 6.42 Å². The molecule has 0 heterocycles. The van der Waals surface area contributed by atoms with Crippen LogP contribution in [0.25, 0.3) is 0 Å². The molecule has 1 amide bonds. The molecule has 1 aliphatic carbocycles. The molecule has 20 heavy (non-hydrogen) atoms. The van der Waals surface area contributed by atoms with Gasteiger partial charge in [0.25, 0.3) is 0 Å². The summed E-state index contributed by atoms with van der Waals surface area (Å²) in [5, 5.41) is 1.89. The summed E-state index contributed by atoms with van der Waals surface area (Å²) in [4.78, 5) is 11.0. The average Bonchev–Trinajstić information content (AvgIpc) is 2.37. The highest BCUT2D eigenvalue weighted by atomic mass is 32.2. The molecule has 0 bridgehead atoms. The van der Waals surface area contributed by atoms with Gasteiger partial charge in [0, 0.05) is 26.3 Å². The first-order valence-corrected chi connectivity index (χ1v) is 8.78. The van der Waals surface area contributed by atoms with Gasteiger partial charge in [0.05, 0.1) is 11.0 Å². The summed E-state index contributed by atoms with van der Waals surface area (Å²) >= 11 is 0. The number of nitrogens with one attached hydrogen (secondary N) is 1. The van der Waals surface area contributed by atoms with E-state index in [2.05, 4.69) is 5.32 Å². The second kappa shape index (κ2) is 7.33. The first kappa shape index (κ1) is 17.3. The molecule has 0 aromatic rings. The Labute approximate surface area is 119 Å². The van der Waals surface area contributed by atoms with Crippen LogP contribution >= 0.6 is 0 Å². The van der Waals surface area contributed by atoms with E-state index in [9.17, 15) is 22.0 Å². The molecule has 0 aromatic heterocycles. The van der Waals surface area contributed by atoms with Crippen molar-refractivity contribution in [3.05, 3.63) is 0 Å². The monoisotopic (exact) mass is 311 g/mol. The van der Waals surface area contributed by atoms with E-state index in [0.717, 1.165) is 0 Å². The molecule has 1 fully saturated rings. The molecular formula is C13H23F2NO3S. The Kier molecular flexibility index (Phi) is 6.36. The summed E-state index contributed by atoms with van der Waals surface area (Å²) < 4.78 is 50.0. The minimum atomic E-state index is -3.27. The lowest BCUT2D eigenvalue weighted by molar-refractivity contribution is -0.120. The third-order valence-corrected chi connectivity index (χ3v) is 6.13. The zero-order valence-corrected chi connectivity index (χ0v) is 12.6. The van der Waals surface area contributed by atoms with E-state index in [4.69, 9.17) is 0 Å². The van der Waals surface area contributed by atoms with Crippen molar-refractivity contribution in [3.63, 3.8) is 0 Å². The number of hydrogen-bond acceptors (Lipinski definition) is 3. The fourth-order valence-corrected chi connectivity index (χ4v) is 4.32. The van der Waals surface area contributed by atoms with Crippen LogP contribution in [-0.2, 0) is 14.6 Å². The van der Waals surface area contributed by atoms with Crippen molar-refractivity contribution in [1.82, 2.24) is 5.32 Å². The first-order chi connectivity index (χ1) is 9.27. The second-order valence-corrected chi connectivity index (χ2v) is 7.81. The number of carbonyl (C=O) groups excluding carboxylic acids is 1. The van der Waals surface area contributed by atoms with Gasteiger partial charge >= 0.3 is 0 Å². The van der Waals surface area contributed by atoms with Gasteiger partial charge in [-0.15, -0.1) is 0 Å². The zero-order valence-electron chi connectivity index (χ0n) is 11.8. The van der Waals surface area contributed by atoms with E-state index in [-0.39, 0.29) is 37.3 Å². The Bertz CT molecular complexity index is 413. The van der Waals surface area contributed by atoms with Gasteiger partial charge in [-0.25, -0.2) is 17.2 Å². The number of alkyl halides is 2. The lowest BCUT2D eigenvalue weighted by atomic mass is 9.96. The van der Waals surface area contributed by atoms with Crippen molar-refractivity contribution >= 4 is 15.7 Å². The minimum absolute atomic E-state index is 0.0387. The number of unbranched alkanes of at least 4 members (excludes halogenated alkanes) is 2. The first-order valence-electron chi connectivity index (χ1n) is 7.07. The van der Waals surface area contributed by atoms with Crippen molar-refractivity contribution in [1.29, 1.82) is 0 Å². The number of carbonyl (C=O) groups is 1. The van der Waals surface area contributed by atoms with Crippen molar-refractivity contribution in [3.8, 4) is 0 Å². The highest BCUT2D eigenvalue weighted by Crippen LogP contribution is 2.36. The molecule has 7 heteroatoms. The molecule has 1 N–H and O–H groups in total. The molecule has 0 aliphatic heterocycles. The number of sulfone groups is 1. The molecule has 1 aliphatic rings. The summed E-state index contributed by atoms with van der Waals surface area (Å²) in [5.74, 6) is -2.71. The van der Waals surface area contributed by atoms with E-state index < -0.39 is 21.0 Å². The third-order valence-electron chi connectivity index (χ3n) is 3.78. The van der Waals surface area contributed by atoms with Crippen LogP contribution < -0.4 is 5.32 Å². The number of halogens is 2. The van der Waals surface area contributed by atoms with Crippen LogP contribution in [0.4, 0.5) is 8.78 Å². The summed E-state index contributed by atoms with van der Waals surface area (Å²) in [7, 11) is -1.71. The second-order valence-electron chi connectivity index (χ2n) is 5.41. The smallest absolute Gasteiger partial charge is 0.248 e. The highest BCUT2D eigenvalue weighted by Gasteiger charge is 2.39. The fourth-order valence-electron chi connectivity index (χ4n) is 2.43. The number of amides is 1. The van der Waals surface area contributed by atoms with Gasteiger partial charge in [0.1, 0.15) is 0 Å². The Balaban J connectivity index is 2.27. The lowest BCUT2D eigenvalue weighted by Gasteiger charge is -2.27. The molecule has 0 atom stereocenters. The largest absolute Gasteiger partial charge is 0.359 e. The van der Waals surface area contributed by atoms with Crippen molar-refractivity contribution < 1.29 is 22.0 Å². The maximum absolute atomic E-state index is 13.0. The van der Waals surface area contributed by atoms with Crippen LogP contribution in [-0.4, -0.2) is 38.3 Å². The van der Waals surface area contributed by atoms with Crippen LogP contribution in [0.1, 0.15) is 51.4 Å². The van der Waals surface area contributed by atoms with Crippen molar-refractivity contribution in [2.75, 3.05) is 12.8 Å². The van der Waals surface area contributed by atoms with Crippen LogP contribution in [0.15, 0.2) is 0 Å². The molecule has 0 radical (unpaired) electrons. The van der Waals surface area contributed by atoms with Crippen LogP contribution in [0.2, 0.25) is 0 Å². The summed E-state index contributed by atoms with van der Waals surface area (Å²) in [6.45, 7) is 0. The van der Waals surface area contributed by atoms with Crippen LogP contribution in [0, 0.1) is 0 Å². The predicted octanol–water partition coefficient (Wildman–Crippen LogP) is 2.29. The fraction of sp³-hybridized carbons (Fsp3) is 0.923. The van der Waals surface area contributed by atoms with Crippen molar-refractivity contribution in [2.24, 2.45) is 0 Å². The van der Waals surface area contributed by atoms with Gasteiger partial charge in [-0.05, 0) is 25.7 Å². The zero-order chi connectivity index (χ0) is 15.2. The maximum Gasteiger partial charge on any atom is 0.248 e. The molecule has 1 saturated carbocycles. The molecule has 0 unspecified atom stereocenters. The Hall–Kier alpha value is -0.720. The molecule has 118 valence electrons. The number of hydrogen-bond donors (Lipinski definition) is 1. The molecule has 1 rings (SSSR count). The van der Waals surface area contributed by atoms with Gasteiger partial charge < -0.3 is 5.32 Å². The standard InChI is InChI=1S/C13H23F2NO3S/c1-16-12(17)5-3-2-4-10-20(18,19)11-6-8-13(14,15)9-7-11/h11H,2-10H2,1H3,(H,16,17). The highest BCUT2D eigenvalue weighted by molar-refractivity contribution is 7.92. The minimum Gasteiger partial charge on any atom is -0.359 e. The molecule has 4 nitrogen and oxygen atoms in total. The van der Waals surface area contributed by atoms with Gasteiger partial charge in [0.2, 0.25) is 11.8 Å². The molecule has 0 aromatic carbocycles. The maximum atomic E-state index is 13.0. The molecule has 0 spiro atoms. The molecular weight excluding hydrogens is 288 g/mol. The summed E-state index contributed by atoms with van der Waals surface area (Å²) in [6, 6.07) is 0. The predicted molar refractivity (Wildman–Crippen MR) is 73.5 cm³/mol. The average molecular weight is 311 g/mol. The lowest BCUT2D eigenvalue weighted by Crippen LogP contribution is -2.33. The normalized spacial score (nSPS) is 19.8. The van der Waals surface area contributed by atoms with E-state index in [1.54, 1.807) is 7.05 Å². The van der Waals surface area contributed by atoms with Gasteiger partial charge in [-0.3, -0.25) is 4.79 Å². The Morgan fingerprint density at radius 2 is 1.80 bits per heavy atom. The Morgan fingerprint density at radius 3 is 2.35 bits per heavy atom. The van der Waals surface area contributed by atoms with E-state index in [0.29, 0.717) is 25.7 Å². The Morgan fingerprint density at radius 1 is 1.20 bits per heavy atom. The van der Waals surface area contributed by atoms with Crippen LogP contribution in [0.5, 0.6) is 0 Å². The van der Waals surface area contributed by atoms with Crippen molar-refractivity contribution in [2.45, 2.75) is 62.5 Å². The van der Waals surface area contributed by atoms with E-state index in [1.807, 2.05) is 0 Å². The summed E-state index contributed by atoms with van der Waals surface area (Å²) in [6.07, 6.45) is 1.67.